The second-order valence-corrected chi connectivity index (χ2v) is 3.51. The average Bonchev–Trinajstić information content (AvgIpc) is 2.49. The predicted molar refractivity (Wildman–Crippen MR) is 57.6 cm³/mol. The zero-order chi connectivity index (χ0) is 9.26. The molecular formula is C7H4IN5. The molecule has 64 valence electrons. The fourth-order valence-electron chi connectivity index (χ4n) is 1.08. The van der Waals surface area contributed by atoms with Gasteiger partial charge in [0.25, 0.3) is 0 Å². The molecule has 0 saturated heterocycles. The standard InChI is InChI=1S/C7H4IN5/c8-7-5-3-4(10-13-9)1-2-6(5)11-12-7/h1-3H,(H,11,12). The van der Waals surface area contributed by atoms with E-state index in [1.807, 2.05) is 6.07 Å². The minimum atomic E-state index is 0.606. The number of rotatable bonds is 1. The van der Waals surface area contributed by atoms with E-state index in [-0.39, 0.29) is 0 Å². The van der Waals surface area contributed by atoms with Crippen molar-refractivity contribution in [2.75, 3.05) is 0 Å². The summed E-state index contributed by atoms with van der Waals surface area (Å²) in [6, 6.07) is 5.36. The fourth-order valence-corrected chi connectivity index (χ4v) is 1.63. The number of nitrogens with one attached hydrogen (secondary N) is 1. The summed E-state index contributed by atoms with van der Waals surface area (Å²) in [6.45, 7) is 0. The topological polar surface area (TPSA) is 77.4 Å². The Kier molecular flexibility index (Phi) is 2.07. The summed E-state index contributed by atoms with van der Waals surface area (Å²) in [4.78, 5) is 2.72. The van der Waals surface area contributed by atoms with Crippen molar-refractivity contribution in [2.24, 2.45) is 5.11 Å². The van der Waals surface area contributed by atoms with Gasteiger partial charge in [-0.25, -0.2) is 0 Å². The second kappa shape index (κ2) is 3.23. The molecule has 1 aromatic carbocycles. The Labute approximate surface area is 86.9 Å². The maximum atomic E-state index is 8.24. The van der Waals surface area contributed by atoms with Crippen LogP contribution < -0.4 is 0 Å². The zero-order valence-corrected chi connectivity index (χ0v) is 8.56. The Morgan fingerprint density at radius 3 is 3.15 bits per heavy atom. The maximum absolute atomic E-state index is 8.24. The summed E-state index contributed by atoms with van der Waals surface area (Å²) >= 11 is 2.15. The van der Waals surface area contributed by atoms with Gasteiger partial charge in [0.2, 0.25) is 0 Å². The predicted octanol–water partition coefficient (Wildman–Crippen LogP) is 3.11. The molecule has 1 aromatic heterocycles. The third-order valence-electron chi connectivity index (χ3n) is 1.65. The van der Waals surface area contributed by atoms with Gasteiger partial charge in [-0.1, -0.05) is 11.2 Å². The Morgan fingerprint density at radius 2 is 2.38 bits per heavy atom. The molecule has 0 unspecified atom stereocenters. The second-order valence-electron chi connectivity index (χ2n) is 2.43. The number of hydrogen-bond donors (Lipinski definition) is 1. The third kappa shape index (κ3) is 1.45. The van der Waals surface area contributed by atoms with E-state index >= 15 is 0 Å². The summed E-state index contributed by atoms with van der Waals surface area (Å²) in [6.07, 6.45) is 0. The number of fused-ring (bicyclic) bond motifs is 1. The van der Waals surface area contributed by atoms with Crippen LogP contribution in [0.25, 0.3) is 21.3 Å². The number of aromatic nitrogens is 2. The van der Waals surface area contributed by atoms with E-state index in [1.54, 1.807) is 12.1 Å². The van der Waals surface area contributed by atoms with Gasteiger partial charge in [-0.05, 0) is 40.3 Å². The van der Waals surface area contributed by atoms with Crippen LogP contribution in [0.3, 0.4) is 0 Å². The highest BCUT2D eigenvalue weighted by Gasteiger charge is 2.01. The van der Waals surface area contributed by atoms with Crippen LogP contribution in [0.4, 0.5) is 5.69 Å². The van der Waals surface area contributed by atoms with E-state index in [2.05, 4.69) is 42.8 Å². The molecule has 0 radical (unpaired) electrons. The molecule has 5 nitrogen and oxygen atoms in total. The molecule has 0 aliphatic carbocycles. The van der Waals surface area contributed by atoms with Crippen molar-refractivity contribution in [2.45, 2.75) is 0 Å². The summed E-state index contributed by atoms with van der Waals surface area (Å²) in [5, 5.41) is 11.4. The summed E-state index contributed by atoms with van der Waals surface area (Å²) in [5.74, 6) is 0. The SMILES string of the molecule is [N-]=[N+]=Nc1ccc2n[nH]c(I)c2c1. The molecular weight excluding hydrogens is 281 g/mol. The Hall–Kier alpha value is -1.27. The molecule has 1 N–H and O–H groups in total. The molecule has 6 heteroatoms. The van der Waals surface area contributed by atoms with Gasteiger partial charge in [-0.2, -0.15) is 5.10 Å². The van der Waals surface area contributed by atoms with Crippen LogP contribution in [0.5, 0.6) is 0 Å². The lowest BCUT2D eigenvalue weighted by Crippen LogP contribution is -1.68. The number of benzene rings is 1. The zero-order valence-electron chi connectivity index (χ0n) is 6.40. The van der Waals surface area contributed by atoms with Crippen molar-refractivity contribution in [3.63, 3.8) is 0 Å². The van der Waals surface area contributed by atoms with Crippen molar-refractivity contribution < 1.29 is 0 Å². The summed E-state index contributed by atoms with van der Waals surface area (Å²) in [7, 11) is 0. The lowest BCUT2D eigenvalue weighted by Gasteiger charge is -1.90. The van der Waals surface area contributed by atoms with E-state index in [1.165, 1.54) is 0 Å². The number of H-pyrrole nitrogens is 1. The van der Waals surface area contributed by atoms with Gasteiger partial charge in [0, 0.05) is 16.0 Å². The monoisotopic (exact) mass is 285 g/mol. The van der Waals surface area contributed by atoms with Gasteiger partial charge >= 0.3 is 0 Å². The first-order valence-corrected chi connectivity index (χ1v) is 4.58. The molecule has 2 rings (SSSR count). The highest BCUT2D eigenvalue weighted by atomic mass is 127. The molecule has 0 aliphatic heterocycles. The highest BCUT2D eigenvalue weighted by Crippen LogP contribution is 2.23. The Bertz CT molecular complexity index is 497. The molecule has 0 bridgehead atoms. The number of azide groups is 1. The Balaban J connectivity index is 2.72. The smallest absolute Gasteiger partial charge is 0.104 e. The van der Waals surface area contributed by atoms with E-state index in [0.717, 1.165) is 14.6 Å². The van der Waals surface area contributed by atoms with Crippen LogP contribution in [0, 0.1) is 3.70 Å². The molecule has 0 spiro atoms. The van der Waals surface area contributed by atoms with Gasteiger partial charge in [0.15, 0.2) is 0 Å². The van der Waals surface area contributed by atoms with Crippen molar-refractivity contribution in [3.8, 4) is 0 Å². The number of aromatic amines is 1. The molecule has 0 aliphatic rings. The minimum absolute atomic E-state index is 0.606. The van der Waals surface area contributed by atoms with Crippen molar-refractivity contribution in [3.05, 3.63) is 32.3 Å². The molecule has 0 atom stereocenters. The summed E-state index contributed by atoms with van der Waals surface area (Å²) < 4.78 is 0.947. The Morgan fingerprint density at radius 1 is 1.54 bits per heavy atom. The third-order valence-corrected chi connectivity index (χ3v) is 2.47. The van der Waals surface area contributed by atoms with E-state index in [0.29, 0.717) is 5.69 Å². The minimum Gasteiger partial charge on any atom is -0.271 e. The van der Waals surface area contributed by atoms with E-state index < -0.39 is 0 Å². The van der Waals surface area contributed by atoms with E-state index in [4.69, 9.17) is 5.53 Å². The largest absolute Gasteiger partial charge is 0.271 e. The first-order chi connectivity index (χ1) is 6.31. The van der Waals surface area contributed by atoms with E-state index in [9.17, 15) is 0 Å². The average molecular weight is 285 g/mol. The fraction of sp³-hybridized carbons (Fsp3) is 0. The van der Waals surface area contributed by atoms with Crippen molar-refractivity contribution in [1.29, 1.82) is 0 Å². The van der Waals surface area contributed by atoms with Crippen LogP contribution >= 0.6 is 22.6 Å². The highest BCUT2D eigenvalue weighted by molar-refractivity contribution is 14.1. The number of nitrogens with zero attached hydrogens (tertiary/aromatic N) is 4. The van der Waals surface area contributed by atoms with Crippen LogP contribution in [-0.2, 0) is 0 Å². The molecule has 0 amide bonds. The molecule has 2 aromatic rings. The molecule has 1 heterocycles. The normalized spacial score (nSPS) is 9.92. The number of halogens is 1. The maximum Gasteiger partial charge on any atom is 0.104 e. The van der Waals surface area contributed by atoms with Crippen molar-refractivity contribution >= 4 is 39.2 Å². The molecule has 0 saturated carbocycles. The lowest BCUT2D eigenvalue weighted by atomic mass is 10.2. The molecule has 0 fully saturated rings. The quantitative estimate of drug-likeness (QED) is 0.371. The summed E-state index contributed by atoms with van der Waals surface area (Å²) in [5.41, 5.74) is 9.73. The van der Waals surface area contributed by atoms with Crippen molar-refractivity contribution in [1.82, 2.24) is 10.2 Å². The van der Waals surface area contributed by atoms with Crippen LogP contribution in [-0.4, -0.2) is 10.2 Å². The number of hydrogen-bond acceptors (Lipinski definition) is 2. The van der Waals surface area contributed by atoms with Crippen LogP contribution in [0.2, 0.25) is 0 Å². The van der Waals surface area contributed by atoms with Gasteiger partial charge in [-0.3, -0.25) is 5.10 Å². The first-order valence-electron chi connectivity index (χ1n) is 3.50. The van der Waals surface area contributed by atoms with Gasteiger partial charge < -0.3 is 0 Å². The molecule has 13 heavy (non-hydrogen) atoms. The van der Waals surface area contributed by atoms with Gasteiger partial charge in [-0.15, -0.1) is 0 Å². The first kappa shape index (κ1) is 8.33. The van der Waals surface area contributed by atoms with Gasteiger partial charge in [0.05, 0.1) is 5.52 Å². The van der Waals surface area contributed by atoms with Crippen LogP contribution in [0.1, 0.15) is 0 Å². The van der Waals surface area contributed by atoms with Gasteiger partial charge in [0.1, 0.15) is 3.70 Å². The van der Waals surface area contributed by atoms with Crippen LogP contribution in [0.15, 0.2) is 23.3 Å². The lowest BCUT2D eigenvalue weighted by molar-refractivity contribution is 1.09.